The summed E-state index contributed by atoms with van der Waals surface area (Å²) in [4.78, 5) is 5.13. The maximum absolute atomic E-state index is 5.13. The van der Waals surface area contributed by atoms with Crippen LogP contribution in [0.15, 0.2) is 88.9 Å². The van der Waals surface area contributed by atoms with E-state index in [2.05, 4.69) is 114 Å². The Morgan fingerprint density at radius 1 is 0.788 bits per heavy atom. The van der Waals surface area contributed by atoms with Crippen LogP contribution in [-0.4, -0.2) is 5.71 Å². The van der Waals surface area contributed by atoms with Gasteiger partial charge in [-0.3, -0.25) is 0 Å². The highest BCUT2D eigenvalue weighted by molar-refractivity contribution is 6.45. The Morgan fingerprint density at radius 3 is 2.30 bits per heavy atom. The van der Waals surface area contributed by atoms with E-state index >= 15 is 0 Å². The molecule has 0 fully saturated rings. The molecule has 1 heteroatoms. The average molecular weight is 428 g/mol. The van der Waals surface area contributed by atoms with E-state index in [1.807, 2.05) is 0 Å². The summed E-state index contributed by atoms with van der Waals surface area (Å²) in [5.74, 6) is 0.361. The van der Waals surface area contributed by atoms with Crippen molar-refractivity contribution in [1.82, 2.24) is 0 Å². The number of benzene rings is 3. The van der Waals surface area contributed by atoms with Gasteiger partial charge < -0.3 is 0 Å². The molecule has 6 rings (SSSR count). The number of nitrogens with zero attached hydrogens (tertiary/aromatic N) is 1. The molecule has 3 aromatic carbocycles. The van der Waals surface area contributed by atoms with Gasteiger partial charge in [-0.2, -0.15) is 0 Å². The average Bonchev–Trinajstić information content (AvgIpc) is 3.47. The fraction of sp³-hybridized carbons (Fsp3) is 0.219. The van der Waals surface area contributed by atoms with E-state index in [1.165, 1.54) is 55.7 Å². The van der Waals surface area contributed by atoms with E-state index in [1.54, 1.807) is 0 Å². The molecule has 0 spiro atoms. The zero-order valence-electron chi connectivity index (χ0n) is 20.0. The summed E-state index contributed by atoms with van der Waals surface area (Å²) >= 11 is 0. The molecule has 1 atom stereocenters. The highest BCUT2D eigenvalue weighted by Gasteiger charge is 2.38. The smallest absolute Gasteiger partial charge is 0.0754 e. The maximum atomic E-state index is 5.13. The normalized spacial score (nSPS) is 18.6. The number of rotatable bonds is 3. The van der Waals surface area contributed by atoms with E-state index in [-0.39, 0.29) is 5.41 Å². The molecule has 1 nitrogen and oxygen atoms in total. The second-order valence-corrected chi connectivity index (χ2v) is 10.2. The highest BCUT2D eigenvalue weighted by Crippen LogP contribution is 2.52. The van der Waals surface area contributed by atoms with Gasteiger partial charge in [-0.25, -0.2) is 4.99 Å². The second kappa shape index (κ2) is 7.02. The van der Waals surface area contributed by atoms with Gasteiger partial charge in [0.15, 0.2) is 0 Å². The first-order chi connectivity index (χ1) is 15.9. The summed E-state index contributed by atoms with van der Waals surface area (Å²) in [5.41, 5.74) is 15.6. The largest absolute Gasteiger partial charge is 0.247 e. The molecule has 0 N–H and O–H groups in total. The minimum Gasteiger partial charge on any atom is -0.247 e. The molecular formula is C32H29N. The van der Waals surface area contributed by atoms with Crippen molar-refractivity contribution in [3.63, 3.8) is 0 Å². The van der Waals surface area contributed by atoms with Crippen molar-refractivity contribution in [2.75, 3.05) is 0 Å². The minimum atomic E-state index is -0.0332. The summed E-state index contributed by atoms with van der Waals surface area (Å²) in [6.45, 7) is 11.5. The quantitative estimate of drug-likeness (QED) is 0.398. The molecule has 3 aromatic rings. The van der Waals surface area contributed by atoms with Gasteiger partial charge in [0.25, 0.3) is 0 Å². The zero-order chi connectivity index (χ0) is 22.9. The molecule has 1 unspecified atom stereocenters. The van der Waals surface area contributed by atoms with Crippen LogP contribution in [0, 0.1) is 6.92 Å². The van der Waals surface area contributed by atoms with Crippen molar-refractivity contribution < 1.29 is 0 Å². The minimum absolute atomic E-state index is 0.0332. The van der Waals surface area contributed by atoms with Crippen molar-refractivity contribution in [3.05, 3.63) is 117 Å². The molecule has 0 bridgehead atoms. The van der Waals surface area contributed by atoms with Gasteiger partial charge >= 0.3 is 0 Å². The molecule has 162 valence electrons. The van der Waals surface area contributed by atoms with E-state index in [0.29, 0.717) is 5.92 Å². The molecule has 0 saturated heterocycles. The van der Waals surface area contributed by atoms with Crippen molar-refractivity contribution in [3.8, 4) is 0 Å². The summed E-state index contributed by atoms with van der Waals surface area (Å²) in [5, 5.41) is 0. The van der Waals surface area contributed by atoms with Crippen LogP contribution in [0.5, 0.6) is 0 Å². The fourth-order valence-electron chi connectivity index (χ4n) is 6.07. The summed E-state index contributed by atoms with van der Waals surface area (Å²) in [7, 11) is 0. The number of allylic oxidation sites excluding steroid dienone is 5. The number of aliphatic imine (C=N–C) groups is 1. The molecule has 0 amide bonds. The lowest BCUT2D eigenvalue weighted by molar-refractivity contribution is 0.471. The van der Waals surface area contributed by atoms with E-state index in [9.17, 15) is 0 Å². The van der Waals surface area contributed by atoms with Crippen molar-refractivity contribution in [1.29, 1.82) is 0 Å². The lowest BCUT2D eigenvalue weighted by atomic mass is 9.69. The zero-order valence-corrected chi connectivity index (χ0v) is 20.0. The predicted octanol–water partition coefficient (Wildman–Crippen LogP) is 8.43. The third kappa shape index (κ3) is 2.82. The van der Waals surface area contributed by atoms with Gasteiger partial charge in [0, 0.05) is 22.5 Å². The van der Waals surface area contributed by atoms with Crippen LogP contribution in [0.4, 0.5) is 5.69 Å². The summed E-state index contributed by atoms with van der Waals surface area (Å²) < 4.78 is 0. The Balaban J connectivity index is 1.53. The molecule has 0 saturated carbocycles. The lowest BCUT2D eigenvalue weighted by Crippen LogP contribution is -2.26. The topological polar surface area (TPSA) is 12.4 Å². The van der Waals surface area contributed by atoms with Crippen LogP contribution >= 0.6 is 0 Å². The van der Waals surface area contributed by atoms with Crippen LogP contribution in [0.1, 0.15) is 67.0 Å². The highest BCUT2D eigenvalue weighted by atomic mass is 14.8. The van der Waals surface area contributed by atoms with Gasteiger partial charge in [0.2, 0.25) is 0 Å². The molecule has 2 aliphatic carbocycles. The van der Waals surface area contributed by atoms with Crippen LogP contribution in [0.3, 0.4) is 0 Å². The Labute approximate surface area is 196 Å². The molecule has 1 heterocycles. The first-order valence-corrected chi connectivity index (χ1v) is 11.9. The maximum Gasteiger partial charge on any atom is 0.0754 e. The molecule has 1 aliphatic heterocycles. The summed E-state index contributed by atoms with van der Waals surface area (Å²) in [6.07, 6.45) is 4.68. The van der Waals surface area contributed by atoms with Gasteiger partial charge in [0.1, 0.15) is 0 Å². The van der Waals surface area contributed by atoms with Gasteiger partial charge in [-0.15, -0.1) is 0 Å². The lowest BCUT2D eigenvalue weighted by Gasteiger charge is -2.34. The van der Waals surface area contributed by atoms with Crippen molar-refractivity contribution in [2.24, 2.45) is 4.99 Å². The van der Waals surface area contributed by atoms with E-state index in [4.69, 9.17) is 4.99 Å². The van der Waals surface area contributed by atoms with Crippen LogP contribution in [0.2, 0.25) is 0 Å². The SMILES string of the molecule is CC1=C(C)C(c2ccccc2)=C2C1=Nc1cc(C)c(C(C)(C)C3C=Cc4ccccc43)cc12. The molecule has 0 radical (unpaired) electrons. The first-order valence-electron chi connectivity index (χ1n) is 11.9. The Bertz CT molecular complexity index is 1440. The van der Waals surface area contributed by atoms with Crippen LogP contribution in [0.25, 0.3) is 17.2 Å². The third-order valence-corrected chi connectivity index (χ3v) is 7.96. The third-order valence-electron chi connectivity index (χ3n) is 7.96. The first kappa shape index (κ1) is 20.2. The number of hydrogen-bond donors (Lipinski definition) is 0. The van der Waals surface area contributed by atoms with Crippen molar-refractivity contribution in [2.45, 2.75) is 46.0 Å². The Morgan fingerprint density at radius 2 is 1.52 bits per heavy atom. The van der Waals surface area contributed by atoms with Gasteiger partial charge in [0.05, 0.1) is 11.4 Å². The number of fused-ring (bicyclic) bond motifs is 4. The molecule has 33 heavy (non-hydrogen) atoms. The van der Waals surface area contributed by atoms with Crippen molar-refractivity contribution >= 4 is 28.6 Å². The Kier molecular flexibility index (Phi) is 4.29. The summed E-state index contributed by atoms with van der Waals surface area (Å²) in [6, 6.07) is 24.3. The standard InChI is InChI=1S/C32H29N/c1-19-17-28-25(18-27(19)32(4,5)26-16-15-22-11-9-10-14-24(22)26)30-29(23-12-7-6-8-13-23)20(2)21(3)31(30)33-28/h6-18,26H,1-5H3. The Hall–Kier alpha value is -3.45. The number of hydrogen-bond acceptors (Lipinski definition) is 1. The second-order valence-electron chi connectivity index (χ2n) is 10.2. The predicted molar refractivity (Wildman–Crippen MR) is 141 cm³/mol. The molecule has 0 aromatic heterocycles. The molecule has 3 aliphatic rings. The van der Waals surface area contributed by atoms with E-state index in [0.717, 1.165) is 11.4 Å². The van der Waals surface area contributed by atoms with Crippen LogP contribution < -0.4 is 0 Å². The number of aryl methyl sites for hydroxylation is 1. The van der Waals surface area contributed by atoms with E-state index < -0.39 is 0 Å². The monoisotopic (exact) mass is 427 g/mol. The molecular weight excluding hydrogens is 398 g/mol. The van der Waals surface area contributed by atoms with Gasteiger partial charge in [-0.05, 0) is 77.4 Å². The fourth-order valence-corrected chi connectivity index (χ4v) is 6.07. The van der Waals surface area contributed by atoms with Crippen LogP contribution in [-0.2, 0) is 5.41 Å². The van der Waals surface area contributed by atoms with Gasteiger partial charge in [-0.1, -0.05) is 80.6 Å².